The molecule has 0 atom stereocenters. The summed E-state index contributed by atoms with van der Waals surface area (Å²) in [4.78, 5) is 10.2. The van der Waals surface area contributed by atoms with Crippen LogP contribution in [0.4, 0.5) is 4.39 Å². The second-order valence-electron chi connectivity index (χ2n) is 7.09. The summed E-state index contributed by atoms with van der Waals surface area (Å²) >= 11 is 1.63. The van der Waals surface area contributed by atoms with Gasteiger partial charge in [-0.2, -0.15) is 0 Å². The van der Waals surface area contributed by atoms with Crippen LogP contribution in [0.25, 0.3) is 33.7 Å². The molecule has 2 aromatic carbocycles. The van der Waals surface area contributed by atoms with E-state index >= 15 is 0 Å². The van der Waals surface area contributed by atoms with Crippen LogP contribution < -0.4 is 0 Å². The Labute approximate surface area is 187 Å². The monoisotopic (exact) mass is 444 g/mol. The molecule has 3 aromatic heterocycles. The lowest BCUT2D eigenvalue weighted by Gasteiger charge is -2.10. The Morgan fingerprint density at radius 1 is 1.00 bits per heavy atom. The molecule has 158 valence electrons. The summed E-state index contributed by atoms with van der Waals surface area (Å²) < 4.78 is 19.0. The molecule has 5 aromatic rings. The first-order valence-corrected chi connectivity index (χ1v) is 11.0. The molecule has 32 heavy (non-hydrogen) atoms. The number of nitrogens with zero attached hydrogens (tertiary/aromatic N) is 4. The van der Waals surface area contributed by atoms with Crippen molar-refractivity contribution >= 4 is 22.7 Å². The largest absolute Gasteiger partial charge is 0.504 e. The number of hydrogen-bond donors (Lipinski definition) is 1. The van der Waals surface area contributed by atoms with Gasteiger partial charge in [-0.05, 0) is 48.2 Å². The van der Waals surface area contributed by atoms with Gasteiger partial charge in [0, 0.05) is 22.0 Å². The minimum absolute atomic E-state index is 0.0921. The normalized spacial score (nSPS) is 11.2. The van der Waals surface area contributed by atoms with Gasteiger partial charge in [0.15, 0.2) is 11.4 Å². The first-order valence-electron chi connectivity index (χ1n) is 9.81. The zero-order valence-corrected chi connectivity index (χ0v) is 17.8. The van der Waals surface area contributed by atoms with Crippen molar-refractivity contribution in [3.8, 4) is 28.6 Å². The summed E-state index contributed by atoms with van der Waals surface area (Å²) in [5, 5.41) is 19.8. The fraction of sp³-hybridized carbons (Fsp3) is 0.0833. The van der Waals surface area contributed by atoms with Crippen LogP contribution in [0.2, 0.25) is 0 Å². The molecule has 0 unspecified atom stereocenters. The van der Waals surface area contributed by atoms with Crippen LogP contribution in [0.5, 0.6) is 5.75 Å². The van der Waals surface area contributed by atoms with Gasteiger partial charge < -0.3 is 9.52 Å². The lowest BCUT2D eigenvalue weighted by molar-refractivity contribution is 0.471. The summed E-state index contributed by atoms with van der Waals surface area (Å²) in [6.07, 6.45) is 3.96. The van der Waals surface area contributed by atoms with E-state index in [2.05, 4.69) is 15.2 Å². The Balaban J connectivity index is 1.61. The number of aromatic nitrogens is 4. The Hall–Kier alpha value is -3.78. The van der Waals surface area contributed by atoms with Crippen LogP contribution in [-0.2, 0) is 6.42 Å². The molecular formula is C24H17FN4O2S. The molecule has 8 heteroatoms. The van der Waals surface area contributed by atoms with Crippen molar-refractivity contribution < 1.29 is 13.9 Å². The molecule has 0 fully saturated rings. The summed E-state index contributed by atoms with van der Waals surface area (Å²) in [5.74, 6) is -0.00697. The maximum Gasteiger partial charge on any atom is 0.270 e. The zero-order valence-electron chi connectivity index (χ0n) is 17.0. The van der Waals surface area contributed by atoms with E-state index in [1.807, 2.05) is 36.6 Å². The highest BCUT2D eigenvalue weighted by Gasteiger charge is 2.21. The predicted octanol–water partition coefficient (Wildman–Crippen LogP) is 5.50. The number of pyridine rings is 2. The average molecular weight is 444 g/mol. The van der Waals surface area contributed by atoms with Gasteiger partial charge >= 0.3 is 0 Å². The van der Waals surface area contributed by atoms with Crippen molar-refractivity contribution in [2.45, 2.75) is 11.3 Å². The molecule has 1 N–H and O–H groups in total. The van der Waals surface area contributed by atoms with Crippen molar-refractivity contribution in [2.75, 3.05) is 6.26 Å². The van der Waals surface area contributed by atoms with Gasteiger partial charge in [0.1, 0.15) is 11.3 Å². The third-order valence-electron chi connectivity index (χ3n) is 5.02. The maximum atomic E-state index is 13.2. The predicted molar refractivity (Wildman–Crippen MR) is 121 cm³/mol. The van der Waals surface area contributed by atoms with Crippen molar-refractivity contribution in [2.24, 2.45) is 0 Å². The van der Waals surface area contributed by atoms with E-state index in [4.69, 9.17) is 9.40 Å². The molecule has 0 aliphatic rings. The van der Waals surface area contributed by atoms with Crippen LogP contribution in [0.1, 0.15) is 11.5 Å². The summed E-state index contributed by atoms with van der Waals surface area (Å²) in [5.41, 5.74) is 2.95. The summed E-state index contributed by atoms with van der Waals surface area (Å²) in [6.45, 7) is 0. The fourth-order valence-electron chi connectivity index (χ4n) is 3.46. The first kappa shape index (κ1) is 20.1. The standard InChI is InChI=1S/C24H17FN4O2S/c1-32-17-5-2-4-15(13-17)20-18-6-3-11-26-21(18)23(30)22(27-20)24-29-28-19(31-24)12-14-7-9-16(25)10-8-14/h2-11,13,30H,12H2,1H3. The maximum absolute atomic E-state index is 13.2. The second-order valence-corrected chi connectivity index (χ2v) is 7.97. The van der Waals surface area contributed by atoms with E-state index in [0.29, 0.717) is 23.5 Å². The second kappa shape index (κ2) is 8.39. The lowest BCUT2D eigenvalue weighted by atomic mass is 10.1. The molecule has 6 nitrogen and oxygen atoms in total. The van der Waals surface area contributed by atoms with E-state index in [0.717, 1.165) is 21.4 Å². The quantitative estimate of drug-likeness (QED) is 0.358. The Kier molecular flexibility index (Phi) is 5.28. The van der Waals surface area contributed by atoms with Gasteiger partial charge in [-0.15, -0.1) is 22.0 Å². The van der Waals surface area contributed by atoms with E-state index in [1.165, 1.54) is 12.1 Å². The molecular weight excluding hydrogens is 427 g/mol. The van der Waals surface area contributed by atoms with Gasteiger partial charge in [-0.1, -0.05) is 24.3 Å². The SMILES string of the molecule is CSc1cccc(-c2nc(-c3nnc(Cc4ccc(F)cc4)o3)c(O)c3ncccc23)c1. The molecule has 0 aliphatic heterocycles. The van der Waals surface area contributed by atoms with Crippen molar-refractivity contribution in [3.05, 3.63) is 84.1 Å². The fourth-order valence-corrected chi connectivity index (χ4v) is 3.92. The van der Waals surface area contributed by atoms with Gasteiger partial charge in [0.2, 0.25) is 5.89 Å². The zero-order chi connectivity index (χ0) is 22.1. The molecule has 0 spiro atoms. The van der Waals surface area contributed by atoms with Crippen LogP contribution in [0.15, 0.2) is 76.2 Å². The molecule has 3 heterocycles. The highest BCUT2D eigenvalue weighted by atomic mass is 32.2. The van der Waals surface area contributed by atoms with Crippen molar-refractivity contribution in [1.29, 1.82) is 0 Å². The molecule has 0 radical (unpaired) electrons. The minimum Gasteiger partial charge on any atom is -0.504 e. The number of rotatable bonds is 5. The average Bonchev–Trinajstić information content (AvgIpc) is 3.29. The van der Waals surface area contributed by atoms with Crippen LogP contribution >= 0.6 is 11.8 Å². The summed E-state index contributed by atoms with van der Waals surface area (Å²) in [7, 11) is 0. The molecule has 0 saturated carbocycles. The topological polar surface area (TPSA) is 84.9 Å². The molecule has 0 amide bonds. The third kappa shape index (κ3) is 3.80. The molecule has 0 aliphatic carbocycles. The molecule has 0 bridgehead atoms. The van der Waals surface area contributed by atoms with Gasteiger partial charge in [0.05, 0.1) is 12.1 Å². The van der Waals surface area contributed by atoms with Gasteiger partial charge in [-0.25, -0.2) is 9.37 Å². The highest BCUT2D eigenvalue weighted by Crippen LogP contribution is 2.38. The van der Waals surface area contributed by atoms with E-state index in [-0.39, 0.29) is 23.2 Å². The minimum atomic E-state index is -0.309. The lowest BCUT2D eigenvalue weighted by Crippen LogP contribution is -1.94. The third-order valence-corrected chi connectivity index (χ3v) is 5.74. The Bertz CT molecular complexity index is 1420. The van der Waals surface area contributed by atoms with E-state index in [1.54, 1.807) is 36.2 Å². The Morgan fingerprint density at radius 3 is 2.66 bits per heavy atom. The number of aromatic hydroxyl groups is 1. The number of hydrogen-bond acceptors (Lipinski definition) is 7. The molecule has 5 rings (SSSR count). The number of thioether (sulfide) groups is 1. The first-order chi connectivity index (χ1) is 15.6. The number of halogens is 1. The highest BCUT2D eigenvalue weighted by molar-refractivity contribution is 7.98. The van der Waals surface area contributed by atoms with E-state index < -0.39 is 0 Å². The smallest absolute Gasteiger partial charge is 0.270 e. The number of benzene rings is 2. The Morgan fingerprint density at radius 2 is 1.84 bits per heavy atom. The van der Waals surface area contributed by atoms with Crippen molar-refractivity contribution in [3.63, 3.8) is 0 Å². The van der Waals surface area contributed by atoms with Gasteiger partial charge in [-0.3, -0.25) is 4.98 Å². The van der Waals surface area contributed by atoms with E-state index in [9.17, 15) is 9.50 Å². The summed E-state index contributed by atoms with van der Waals surface area (Å²) in [6, 6.07) is 17.7. The number of fused-ring (bicyclic) bond motifs is 1. The van der Waals surface area contributed by atoms with Crippen LogP contribution in [0, 0.1) is 5.82 Å². The molecule has 0 saturated heterocycles. The van der Waals surface area contributed by atoms with Gasteiger partial charge in [0.25, 0.3) is 5.89 Å². The van der Waals surface area contributed by atoms with Crippen molar-refractivity contribution in [1.82, 2.24) is 20.2 Å². The van der Waals surface area contributed by atoms with Crippen LogP contribution in [0.3, 0.4) is 0 Å². The van der Waals surface area contributed by atoms with Crippen LogP contribution in [-0.4, -0.2) is 31.5 Å².